The zero-order valence-corrected chi connectivity index (χ0v) is 10.3. The van der Waals surface area contributed by atoms with Crippen LogP contribution in [0.4, 0.5) is 0 Å². The van der Waals surface area contributed by atoms with Gasteiger partial charge in [0.15, 0.2) is 0 Å². The van der Waals surface area contributed by atoms with E-state index in [0.717, 1.165) is 12.3 Å². The van der Waals surface area contributed by atoms with Crippen LogP contribution in [0.15, 0.2) is 43.0 Å². The molecular formula is C14H21Cl. The van der Waals surface area contributed by atoms with E-state index in [9.17, 15) is 0 Å². The summed E-state index contributed by atoms with van der Waals surface area (Å²) in [6.45, 7) is 5.83. The quantitative estimate of drug-likeness (QED) is 0.382. The Morgan fingerprint density at radius 3 is 2.27 bits per heavy atom. The molecule has 0 aliphatic rings. The molecule has 0 spiro atoms. The third-order valence-corrected chi connectivity index (χ3v) is 2.23. The van der Waals surface area contributed by atoms with Crippen LogP contribution in [0.3, 0.4) is 0 Å². The average Bonchev–Trinajstić information content (AvgIpc) is 2.29. The monoisotopic (exact) mass is 224 g/mol. The molecule has 0 bridgehead atoms. The minimum absolute atomic E-state index is 0.827. The second kappa shape index (κ2) is 11.3. The van der Waals surface area contributed by atoms with E-state index in [1.54, 1.807) is 0 Å². The molecule has 0 aliphatic heterocycles. The number of halogens is 1. The van der Waals surface area contributed by atoms with Gasteiger partial charge in [-0.1, -0.05) is 56.2 Å². The Morgan fingerprint density at radius 2 is 1.87 bits per heavy atom. The number of hydrogen-bond donors (Lipinski definition) is 0. The summed E-state index contributed by atoms with van der Waals surface area (Å²) in [7, 11) is 0. The normalized spacial score (nSPS) is 8.93. The fraction of sp³-hybridized carbons (Fsp3) is 0.429. The lowest BCUT2D eigenvalue weighted by molar-refractivity contribution is 0.776. The lowest BCUT2D eigenvalue weighted by atomic mass is 10.2. The van der Waals surface area contributed by atoms with Gasteiger partial charge in [-0.3, -0.25) is 0 Å². The maximum atomic E-state index is 5.38. The maximum Gasteiger partial charge on any atom is 0.0223 e. The molecule has 1 aromatic carbocycles. The van der Waals surface area contributed by atoms with E-state index in [4.69, 9.17) is 11.6 Å². The van der Waals surface area contributed by atoms with Gasteiger partial charge in [0.25, 0.3) is 0 Å². The Hall–Kier alpha value is -0.750. The van der Waals surface area contributed by atoms with Gasteiger partial charge in [0.1, 0.15) is 0 Å². The van der Waals surface area contributed by atoms with Crippen molar-refractivity contribution in [2.45, 2.75) is 32.6 Å². The fourth-order valence-corrected chi connectivity index (χ4v) is 1.31. The topological polar surface area (TPSA) is 0 Å². The van der Waals surface area contributed by atoms with E-state index in [1.807, 2.05) is 24.3 Å². The third kappa shape index (κ3) is 9.55. The molecular weight excluding hydrogens is 204 g/mol. The van der Waals surface area contributed by atoms with Gasteiger partial charge in [-0.05, 0) is 18.4 Å². The van der Waals surface area contributed by atoms with E-state index in [1.165, 1.54) is 24.8 Å². The van der Waals surface area contributed by atoms with Crippen LogP contribution in [-0.2, 0) is 6.42 Å². The van der Waals surface area contributed by atoms with Crippen molar-refractivity contribution in [3.05, 3.63) is 48.6 Å². The summed E-state index contributed by atoms with van der Waals surface area (Å²) in [4.78, 5) is 0. The van der Waals surface area contributed by atoms with Crippen molar-refractivity contribution in [1.29, 1.82) is 0 Å². The van der Waals surface area contributed by atoms with Gasteiger partial charge in [-0.15, -0.1) is 18.2 Å². The minimum atomic E-state index is 0.827. The van der Waals surface area contributed by atoms with Crippen LogP contribution in [-0.4, -0.2) is 5.88 Å². The van der Waals surface area contributed by atoms with Crippen molar-refractivity contribution in [2.24, 2.45) is 0 Å². The molecule has 84 valence electrons. The second-order valence-corrected chi connectivity index (χ2v) is 3.75. The number of hydrogen-bond acceptors (Lipinski definition) is 0. The van der Waals surface area contributed by atoms with E-state index in [0.29, 0.717) is 0 Å². The average molecular weight is 225 g/mol. The first-order valence-electron chi connectivity index (χ1n) is 5.56. The first-order chi connectivity index (χ1) is 7.35. The highest BCUT2D eigenvalue weighted by atomic mass is 35.5. The molecule has 1 aromatic rings. The van der Waals surface area contributed by atoms with E-state index in [-0.39, 0.29) is 0 Å². The molecule has 0 nitrogen and oxygen atoms in total. The standard InChI is InChI=1S/C9H10.C5H11Cl/c1-2-6-9-7-4-3-5-8-9;1-2-3-4-5-6/h2-5,7-8H,1,6H2;2-5H2,1H3. The third-order valence-electron chi connectivity index (χ3n) is 1.96. The molecule has 0 aromatic heterocycles. The van der Waals surface area contributed by atoms with E-state index in [2.05, 4.69) is 25.6 Å². The van der Waals surface area contributed by atoms with Crippen LogP contribution in [0.2, 0.25) is 0 Å². The molecule has 0 heterocycles. The van der Waals surface area contributed by atoms with Crippen LogP contribution in [0.25, 0.3) is 0 Å². The lowest BCUT2D eigenvalue weighted by Crippen LogP contribution is -1.75. The molecule has 0 saturated heterocycles. The molecule has 0 amide bonds. The molecule has 0 aliphatic carbocycles. The van der Waals surface area contributed by atoms with E-state index >= 15 is 0 Å². The van der Waals surface area contributed by atoms with Crippen LogP contribution in [0.5, 0.6) is 0 Å². The van der Waals surface area contributed by atoms with E-state index < -0.39 is 0 Å². The zero-order chi connectivity index (χ0) is 11.4. The van der Waals surface area contributed by atoms with Crippen molar-refractivity contribution >= 4 is 11.6 Å². The van der Waals surface area contributed by atoms with Crippen molar-refractivity contribution in [3.63, 3.8) is 0 Å². The summed E-state index contributed by atoms with van der Waals surface area (Å²) in [5.74, 6) is 0.827. The largest absolute Gasteiger partial charge is 0.127 e. The fourth-order valence-electron chi connectivity index (χ4n) is 1.13. The highest BCUT2D eigenvalue weighted by molar-refractivity contribution is 6.17. The number of alkyl halides is 1. The molecule has 1 rings (SSSR count). The Kier molecular flexibility index (Phi) is 10.8. The maximum absolute atomic E-state index is 5.38. The van der Waals surface area contributed by atoms with Crippen molar-refractivity contribution < 1.29 is 0 Å². The van der Waals surface area contributed by atoms with Gasteiger partial charge in [-0.2, -0.15) is 0 Å². The summed E-state index contributed by atoms with van der Waals surface area (Å²) in [5.41, 5.74) is 1.33. The molecule has 0 radical (unpaired) electrons. The SMILES string of the molecule is C=CCc1ccccc1.CCCCCCl. The molecule has 0 N–H and O–H groups in total. The molecule has 0 fully saturated rings. The Morgan fingerprint density at radius 1 is 1.20 bits per heavy atom. The molecule has 1 heteroatoms. The van der Waals surface area contributed by atoms with Crippen LogP contribution in [0.1, 0.15) is 31.7 Å². The lowest BCUT2D eigenvalue weighted by Gasteiger charge is -1.91. The summed E-state index contributed by atoms with van der Waals surface area (Å²) in [5, 5.41) is 0. The van der Waals surface area contributed by atoms with Crippen LogP contribution < -0.4 is 0 Å². The number of unbranched alkanes of at least 4 members (excludes halogenated alkanes) is 2. The highest BCUT2D eigenvalue weighted by Crippen LogP contribution is 1.98. The van der Waals surface area contributed by atoms with Gasteiger partial charge in [0, 0.05) is 5.88 Å². The van der Waals surface area contributed by atoms with Gasteiger partial charge in [-0.25, -0.2) is 0 Å². The van der Waals surface area contributed by atoms with Gasteiger partial charge >= 0.3 is 0 Å². The Labute approximate surface area is 99.0 Å². The predicted octanol–water partition coefficient (Wildman–Crippen LogP) is 4.83. The van der Waals surface area contributed by atoms with Crippen molar-refractivity contribution in [3.8, 4) is 0 Å². The Balaban J connectivity index is 0.000000288. The van der Waals surface area contributed by atoms with Crippen LogP contribution in [0, 0.1) is 0 Å². The molecule has 0 saturated carbocycles. The summed E-state index contributed by atoms with van der Waals surface area (Å²) < 4.78 is 0. The highest BCUT2D eigenvalue weighted by Gasteiger charge is 1.82. The number of allylic oxidation sites excluding steroid dienone is 1. The van der Waals surface area contributed by atoms with Gasteiger partial charge in [0.2, 0.25) is 0 Å². The van der Waals surface area contributed by atoms with Crippen LogP contribution >= 0.6 is 11.6 Å². The summed E-state index contributed by atoms with van der Waals surface area (Å²) in [6.07, 6.45) is 6.62. The first kappa shape index (κ1) is 14.2. The van der Waals surface area contributed by atoms with Gasteiger partial charge < -0.3 is 0 Å². The number of rotatable bonds is 5. The smallest absolute Gasteiger partial charge is 0.0223 e. The van der Waals surface area contributed by atoms with Gasteiger partial charge in [0.05, 0.1) is 0 Å². The summed E-state index contributed by atoms with van der Waals surface area (Å²) >= 11 is 5.38. The minimum Gasteiger partial charge on any atom is -0.127 e. The Bertz CT molecular complexity index is 224. The van der Waals surface area contributed by atoms with Crippen molar-refractivity contribution in [1.82, 2.24) is 0 Å². The zero-order valence-electron chi connectivity index (χ0n) is 9.58. The first-order valence-corrected chi connectivity index (χ1v) is 6.09. The molecule has 15 heavy (non-hydrogen) atoms. The number of benzene rings is 1. The molecule has 0 atom stereocenters. The predicted molar refractivity (Wildman–Crippen MR) is 70.6 cm³/mol. The second-order valence-electron chi connectivity index (χ2n) is 3.37. The molecule has 0 unspecified atom stereocenters. The summed E-state index contributed by atoms with van der Waals surface area (Å²) in [6, 6.07) is 10.3. The van der Waals surface area contributed by atoms with Crippen molar-refractivity contribution in [2.75, 3.05) is 5.88 Å².